The number of fused-ring (bicyclic) bond motifs is 1. The maximum Gasteiger partial charge on any atom is 0.225 e. The fourth-order valence-corrected chi connectivity index (χ4v) is 4.08. The largest absolute Gasteiger partial charge is 0.340 e. The Kier molecular flexibility index (Phi) is 3.70. The monoisotopic (exact) mass is 332 g/mol. The number of nitrogens with zero attached hydrogens (tertiary/aromatic N) is 3. The molecule has 0 unspecified atom stereocenters. The number of halogens is 2. The Morgan fingerprint density at radius 1 is 1.13 bits per heavy atom. The summed E-state index contributed by atoms with van der Waals surface area (Å²) in [6.07, 6.45) is 5.61. The molecule has 1 aromatic carbocycles. The zero-order valence-corrected chi connectivity index (χ0v) is 13.4. The molecule has 120 valence electrons. The van der Waals surface area contributed by atoms with Crippen LogP contribution >= 0.6 is 11.6 Å². The van der Waals surface area contributed by atoms with E-state index in [1.54, 1.807) is 18.5 Å². The van der Waals surface area contributed by atoms with Gasteiger partial charge in [-0.25, -0.2) is 14.4 Å². The van der Waals surface area contributed by atoms with E-state index < -0.39 is 0 Å². The lowest BCUT2D eigenvalue weighted by Crippen LogP contribution is -2.26. The molecule has 1 aliphatic heterocycles. The number of rotatable bonds is 2. The molecule has 2 aliphatic rings. The van der Waals surface area contributed by atoms with Crippen molar-refractivity contribution < 1.29 is 4.39 Å². The Labute approximate surface area is 139 Å². The molecule has 6 heteroatoms. The number of hydrogen-bond donors (Lipinski definition) is 1. The van der Waals surface area contributed by atoms with Gasteiger partial charge in [-0.15, -0.1) is 0 Å². The summed E-state index contributed by atoms with van der Waals surface area (Å²) in [6.45, 7) is 1.94. The third-order valence-corrected chi connectivity index (χ3v) is 5.28. The van der Waals surface area contributed by atoms with Crippen molar-refractivity contribution in [3.05, 3.63) is 41.4 Å². The summed E-state index contributed by atoms with van der Waals surface area (Å²) in [5.74, 6) is 1.72. The van der Waals surface area contributed by atoms with Crippen molar-refractivity contribution in [2.24, 2.45) is 17.6 Å². The van der Waals surface area contributed by atoms with E-state index in [1.807, 2.05) is 0 Å². The molecular weight excluding hydrogens is 315 g/mol. The quantitative estimate of drug-likeness (QED) is 0.918. The summed E-state index contributed by atoms with van der Waals surface area (Å²) >= 11 is 6.13. The van der Waals surface area contributed by atoms with E-state index in [1.165, 1.54) is 12.1 Å². The molecular formula is C17H18ClFN4. The van der Waals surface area contributed by atoms with Crippen LogP contribution in [0, 0.1) is 17.7 Å². The van der Waals surface area contributed by atoms with Gasteiger partial charge in [0.1, 0.15) is 5.82 Å². The molecule has 2 N–H and O–H groups in total. The summed E-state index contributed by atoms with van der Waals surface area (Å²) in [7, 11) is 0. The van der Waals surface area contributed by atoms with Crippen LogP contribution in [0.5, 0.6) is 0 Å². The number of nitrogens with two attached hydrogens (primary N) is 1. The second kappa shape index (κ2) is 5.73. The number of anilines is 1. The molecule has 0 bridgehead atoms. The standard InChI is InChI=1S/C17H18ClFN4/c18-16-2-1-13(19)5-15(16)12-6-21-17(22-7-12)23-8-10-3-14(20)4-11(10)9-23/h1-2,5-7,10-11,14H,3-4,8-9,20H2/t10-,11-/m1/s1. The minimum absolute atomic E-state index is 0.322. The summed E-state index contributed by atoms with van der Waals surface area (Å²) in [6, 6.07) is 4.65. The molecule has 1 saturated carbocycles. The van der Waals surface area contributed by atoms with Gasteiger partial charge in [0.2, 0.25) is 5.95 Å². The molecule has 4 rings (SSSR count). The van der Waals surface area contributed by atoms with Crippen molar-refractivity contribution in [1.82, 2.24) is 9.97 Å². The van der Waals surface area contributed by atoms with Crippen molar-refractivity contribution in [2.45, 2.75) is 18.9 Å². The van der Waals surface area contributed by atoms with Crippen molar-refractivity contribution in [3.8, 4) is 11.1 Å². The lowest BCUT2D eigenvalue weighted by Gasteiger charge is -2.18. The van der Waals surface area contributed by atoms with Gasteiger partial charge >= 0.3 is 0 Å². The van der Waals surface area contributed by atoms with Gasteiger partial charge in [0.15, 0.2) is 0 Å². The highest BCUT2D eigenvalue weighted by molar-refractivity contribution is 6.33. The van der Waals surface area contributed by atoms with E-state index in [0.717, 1.165) is 37.4 Å². The van der Waals surface area contributed by atoms with Crippen LogP contribution < -0.4 is 10.6 Å². The van der Waals surface area contributed by atoms with Crippen molar-refractivity contribution >= 4 is 17.5 Å². The first-order valence-corrected chi connectivity index (χ1v) is 8.26. The maximum atomic E-state index is 13.4. The molecule has 1 aromatic heterocycles. The van der Waals surface area contributed by atoms with E-state index in [4.69, 9.17) is 17.3 Å². The molecule has 0 amide bonds. The Bertz CT molecular complexity index is 707. The molecule has 1 aliphatic carbocycles. The summed E-state index contributed by atoms with van der Waals surface area (Å²) < 4.78 is 13.4. The van der Waals surface area contributed by atoms with Crippen molar-refractivity contribution in [1.29, 1.82) is 0 Å². The molecule has 1 saturated heterocycles. The fraction of sp³-hybridized carbons (Fsp3) is 0.412. The lowest BCUT2D eigenvalue weighted by molar-refractivity contribution is 0.494. The zero-order valence-electron chi connectivity index (χ0n) is 12.6. The van der Waals surface area contributed by atoms with Gasteiger partial charge in [0.05, 0.1) is 0 Å². The Balaban J connectivity index is 1.54. The topological polar surface area (TPSA) is 55.0 Å². The van der Waals surface area contributed by atoms with Crippen LogP contribution in [-0.4, -0.2) is 29.1 Å². The van der Waals surface area contributed by atoms with Crippen molar-refractivity contribution in [3.63, 3.8) is 0 Å². The van der Waals surface area contributed by atoms with Crippen LogP contribution in [0.15, 0.2) is 30.6 Å². The van der Waals surface area contributed by atoms with Crippen LogP contribution in [0.1, 0.15) is 12.8 Å². The minimum Gasteiger partial charge on any atom is -0.340 e. The van der Waals surface area contributed by atoms with Crippen LogP contribution in [0.25, 0.3) is 11.1 Å². The third kappa shape index (κ3) is 2.79. The molecule has 2 aromatic rings. The molecule has 4 nitrogen and oxygen atoms in total. The third-order valence-electron chi connectivity index (χ3n) is 4.95. The normalized spacial score (nSPS) is 24.2. The van der Waals surface area contributed by atoms with Gasteiger partial charge in [-0.05, 0) is 42.9 Å². The van der Waals surface area contributed by atoms with Gasteiger partial charge in [0.25, 0.3) is 0 Å². The highest BCUT2D eigenvalue weighted by Crippen LogP contribution is 2.38. The first-order chi connectivity index (χ1) is 11.1. The van der Waals surface area contributed by atoms with Crippen LogP contribution in [0.3, 0.4) is 0 Å². The first-order valence-electron chi connectivity index (χ1n) is 7.88. The Morgan fingerprint density at radius 3 is 2.43 bits per heavy atom. The predicted molar refractivity (Wildman–Crippen MR) is 88.8 cm³/mol. The van der Waals surface area contributed by atoms with Crippen molar-refractivity contribution in [2.75, 3.05) is 18.0 Å². The summed E-state index contributed by atoms with van der Waals surface area (Å²) in [5, 5.41) is 0.493. The molecule has 0 spiro atoms. The van der Waals surface area contributed by atoms with Gasteiger partial charge in [-0.3, -0.25) is 0 Å². The summed E-state index contributed by atoms with van der Waals surface area (Å²) in [4.78, 5) is 11.1. The van der Waals surface area contributed by atoms with Gasteiger partial charge < -0.3 is 10.6 Å². The maximum absolute atomic E-state index is 13.4. The highest BCUT2D eigenvalue weighted by Gasteiger charge is 2.40. The van der Waals surface area contributed by atoms with E-state index in [2.05, 4.69) is 14.9 Å². The van der Waals surface area contributed by atoms with E-state index in [-0.39, 0.29) is 5.82 Å². The fourth-order valence-electron chi connectivity index (χ4n) is 3.85. The smallest absolute Gasteiger partial charge is 0.225 e. The second-order valence-corrected chi connectivity index (χ2v) is 6.96. The molecule has 2 heterocycles. The highest BCUT2D eigenvalue weighted by atomic mass is 35.5. The average Bonchev–Trinajstić information content (AvgIpc) is 3.07. The SMILES string of the molecule is NC1C[C@@H]2CN(c3ncc(-c4cc(F)ccc4Cl)cn3)C[C@H]2C1. The number of hydrogen-bond acceptors (Lipinski definition) is 4. The average molecular weight is 333 g/mol. The zero-order chi connectivity index (χ0) is 16.0. The minimum atomic E-state index is -0.322. The molecule has 2 fully saturated rings. The molecule has 0 radical (unpaired) electrons. The first kappa shape index (κ1) is 14.8. The van der Waals surface area contributed by atoms with Crippen LogP contribution in [0.4, 0.5) is 10.3 Å². The molecule has 23 heavy (non-hydrogen) atoms. The molecule has 2 atom stereocenters. The van der Waals surface area contributed by atoms with Crippen LogP contribution in [-0.2, 0) is 0 Å². The van der Waals surface area contributed by atoms with Gasteiger partial charge in [-0.1, -0.05) is 11.6 Å². The summed E-state index contributed by atoms with van der Waals surface area (Å²) in [5.41, 5.74) is 7.36. The van der Waals surface area contributed by atoms with Crippen LogP contribution in [0.2, 0.25) is 5.02 Å². The second-order valence-electron chi connectivity index (χ2n) is 6.55. The number of aromatic nitrogens is 2. The van der Waals surface area contributed by atoms with Gasteiger partial charge in [-0.2, -0.15) is 0 Å². The van der Waals surface area contributed by atoms with E-state index >= 15 is 0 Å². The lowest BCUT2D eigenvalue weighted by atomic mass is 10.0. The predicted octanol–water partition coefficient (Wildman–Crippen LogP) is 3.11. The van der Waals surface area contributed by atoms with Gasteiger partial charge in [0, 0.05) is 47.7 Å². The van der Waals surface area contributed by atoms with E-state index in [9.17, 15) is 4.39 Å². The number of benzene rings is 1. The van der Waals surface area contributed by atoms with E-state index in [0.29, 0.717) is 28.5 Å². The Morgan fingerprint density at radius 2 is 1.78 bits per heavy atom. The Hall–Kier alpha value is -1.72.